The molecule has 1 fully saturated rings. The van der Waals surface area contributed by atoms with E-state index >= 15 is 0 Å². The highest BCUT2D eigenvalue weighted by molar-refractivity contribution is 5.96. The molecule has 0 spiro atoms. The lowest BCUT2D eigenvalue weighted by molar-refractivity contribution is -0.186. The van der Waals surface area contributed by atoms with E-state index in [1.165, 1.54) is 7.11 Å². The molecular formula is C32H34N2O8. The number of hydrogen-bond acceptors (Lipinski definition) is 7. The van der Waals surface area contributed by atoms with Crippen LogP contribution in [-0.4, -0.2) is 55.7 Å². The molecule has 42 heavy (non-hydrogen) atoms. The first-order chi connectivity index (χ1) is 20.4. The Labute approximate surface area is 243 Å². The van der Waals surface area contributed by atoms with Gasteiger partial charge in [0, 0.05) is 18.9 Å². The summed E-state index contributed by atoms with van der Waals surface area (Å²) in [4.78, 5) is 42.6. The normalized spacial score (nSPS) is 16.5. The van der Waals surface area contributed by atoms with Gasteiger partial charge in [-0.15, -0.1) is 0 Å². The van der Waals surface area contributed by atoms with Gasteiger partial charge in [-0.3, -0.25) is 4.79 Å². The molecule has 2 amide bonds. The molecule has 10 nitrogen and oxygen atoms in total. The van der Waals surface area contributed by atoms with Crippen molar-refractivity contribution in [1.82, 2.24) is 10.8 Å². The predicted molar refractivity (Wildman–Crippen MR) is 153 cm³/mol. The van der Waals surface area contributed by atoms with Crippen LogP contribution in [0.2, 0.25) is 0 Å². The smallest absolute Gasteiger partial charge is 0.407 e. The van der Waals surface area contributed by atoms with Crippen molar-refractivity contribution in [3.05, 3.63) is 89.0 Å². The van der Waals surface area contributed by atoms with Crippen molar-refractivity contribution in [2.45, 2.75) is 50.4 Å². The minimum atomic E-state index is -1.17. The fourth-order valence-electron chi connectivity index (χ4n) is 5.41. The molecule has 1 aliphatic heterocycles. The Bertz CT molecular complexity index is 1390. The number of carbonyl (C=O) groups is 3. The summed E-state index contributed by atoms with van der Waals surface area (Å²) in [5.41, 5.74) is 7.77. The molecule has 3 aromatic carbocycles. The van der Waals surface area contributed by atoms with E-state index in [4.69, 9.17) is 19.0 Å². The number of amides is 2. The van der Waals surface area contributed by atoms with E-state index in [0.717, 1.165) is 40.7 Å². The Morgan fingerprint density at radius 1 is 1.00 bits per heavy atom. The third-order valence-electron chi connectivity index (χ3n) is 7.59. The molecule has 2 atom stereocenters. The summed E-state index contributed by atoms with van der Waals surface area (Å²) in [6, 6.07) is 19.8. The number of aryl methyl sites for hydroxylation is 1. The number of nitrogens with one attached hydrogen (secondary N) is 2. The summed E-state index contributed by atoms with van der Waals surface area (Å²) in [5, 5.41) is 12.2. The van der Waals surface area contributed by atoms with Gasteiger partial charge >= 0.3 is 12.1 Å². The van der Waals surface area contributed by atoms with E-state index in [1.807, 2.05) is 48.5 Å². The standard InChI is InChI=1S/C32H34N2O8/c1-39-28-18-20(13-15-25(28)30(35)34-42-29-12-6-7-17-40-29)14-16-27(31(36)37)33-32(38)41-19-26-23-10-4-2-8-21(23)22-9-3-5-11-24(22)26/h2-5,8-11,13,15,18,26-27,29H,6-7,12,14,16-17,19H2,1H3,(H,33,38)(H,34,35)(H,36,37). The lowest BCUT2D eigenvalue weighted by atomic mass is 9.98. The number of benzene rings is 3. The van der Waals surface area contributed by atoms with Crippen LogP contribution < -0.4 is 15.5 Å². The lowest BCUT2D eigenvalue weighted by Gasteiger charge is -2.22. The average molecular weight is 575 g/mol. The van der Waals surface area contributed by atoms with Crippen LogP contribution in [0, 0.1) is 0 Å². The summed E-state index contributed by atoms with van der Waals surface area (Å²) in [6.45, 7) is 0.676. The Kier molecular flexibility index (Phi) is 9.35. The zero-order valence-electron chi connectivity index (χ0n) is 23.3. The topological polar surface area (TPSA) is 132 Å². The van der Waals surface area contributed by atoms with Crippen LogP contribution in [0.3, 0.4) is 0 Å². The number of alkyl carbamates (subject to hydrolysis) is 1. The van der Waals surface area contributed by atoms with Gasteiger partial charge in [-0.1, -0.05) is 54.6 Å². The average Bonchev–Trinajstić information content (AvgIpc) is 3.34. The van der Waals surface area contributed by atoms with Gasteiger partial charge in [-0.25, -0.2) is 19.9 Å². The van der Waals surface area contributed by atoms with Crippen molar-refractivity contribution < 1.29 is 38.5 Å². The van der Waals surface area contributed by atoms with Crippen LogP contribution in [0.1, 0.15) is 58.6 Å². The van der Waals surface area contributed by atoms with E-state index in [1.54, 1.807) is 18.2 Å². The summed E-state index contributed by atoms with van der Waals surface area (Å²) in [6.07, 6.45) is 1.77. The van der Waals surface area contributed by atoms with Crippen molar-refractivity contribution in [2.24, 2.45) is 0 Å². The molecule has 1 heterocycles. The van der Waals surface area contributed by atoms with Crippen LogP contribution >= 0.6 is 0 Å². The molecule has 2 unspecified atom stereocenters. The van der Waals surface area contributed by atoms with Gasteiger partial charge in [-0.2, -0.15) is 0 Å². The quantitative estimate of drug-likeness (QED) is 0.278. The van der Waals surface area contributed by atoms with Gasteiger partial charge in [0.15, 0.2) is 6.29 Å². The van der Waals surface area contributed by atoms with E-state index < -0.39 is 30.3 Å². The molecule has 2 aliphatic rings. The van der Waals surface area contributed by atoms with Crippen molar-refractivity contribution in [2.75, 3.05) is 20.3 Å². The minimum Gasteiger partial charge on any atom is -0.496 e. The molecule has 220 valence electrons. The molecule has 0 bridgehead atoms. The Morgan fingerprint density at radius 2 is 1.71 bits per heavy atom. The monoisotopic (exact) mass is 574 g/mol. The van der Waals surface area contributed by atoms with Crippen molar-refractivity contribution in [1.29, 1.82) is 0 Å². The maximum absolute atomic E-state index is 12.7. The molecular weight excluding hydrogens is 540 g/mol. The molecule has 5 rings (SSSR count). The third kappa shape index (κ3) is 6.72. The number of hydrogen-bond donors (Lipinski definition) is 3. The second kappa shape index (κ2) is 13.5. The summed E-state index contributed by atoms with van der Waals surface area (Å²) in [7, 11) is 1.44. The Balaban J connectivity index is 1.15. The maximum Gasteiger partial charge on any atom is 0.407 e. The minimum absolute atomic E-state index is 0.0868. The van der Waals surface area contributed by atoms with Crippen LogP contribution in [0.25, 0.3) is 11.1 Å². The summed E-state index contributed by atoms with van der Waals surface area (Å²) in [5.74, 6) is -1.47. The molecule has 1 aliphatic carbocycles. The fourth-order valence-corrected chi connectivity index (χ4v) is 5.41. The summed E-state index contributed by atoms with van der Waals surface area (Å²) >= 11 is 0. The first-order valence-corrected chi connectivity index (χ1v) is 14.0. The van der Waals surface area contributed by atoms with Crippen LogP contribution in [-0.2, 0) is 25.5 Å². The zero-order valence-corrected chi connectivity index (χ0v) is 23.3. The lowest BCUT2D eigenvalue weighted by Crippen LogP contribution is -2.41. The largest absolute Gasteiger partial charge is 0.496 e. The molecule has 1 saturated heterocycles. The number of carboxylic acid groups (broad SMARTS) is 1. The van der Waals surface area contributed by atoms with Gasteiger partial charge < -0.3 is 24.6 Å². The molecule has 0 aromatic heterocycles. The number of aliphatic carboxylic acids is 1. The molecule has 3 N–H and O–H groups in total. The molecule has 0 saturated carbocycles. The van der Waals surface area contributed by atoms with Gasteiger partial charge in [-0.05, 0) is 65.6 Å². The number of carboxylic acids is 1. The molecule has 3 aromatic rings. The third-order valence-corrected chi connectivity index (χ3v) is 7.59. The highest BCUT2D eigenvalue weighted by atomic mass is 16.8. The number of methoxy groups -OCH3 is 1. The number of carbonyl (C=O) groups excluding carboxylic acids is 2. The van der Waals surface area contributed by atoms with Crippen LogP contribution in [0.5, 0.6) is 5.75 Å². The Morgan fingerprint density at radius 3 is 2.36 bits per heavy atom. The highest BCUT2D eigenvalue weighted by Gasteiger charge is 2.30. The zero-order chi connectivity index (χ0) is 29.5. The van der Waals surface area contributed by atoms with E-state index in [0.29, 0.717) is 25.2 Å². The second-order valence-corrected chi connectivity index (χ2v) is 10.3. The first kappa shape index (κ1) is 29.1. The van der Waals surface area contributed by atoms with Crippen molar-refractivity contribution in [3.63, 3.8) is 0 Å². The SMILES string of the molecule is COc1cc(CCC(NC(=O)OCC2c3ccccc3-c3ccccc32)C(=O)O)ccc1C(=O)NOC1CCCCO1. The fraction of sp³-hybridized carbons (Fsp3) is 0.344. The molecule has 10 heteroatoms. The highest BCUT2D eigenvalue weighted by Crippen LogP contribution is 2.44. The van der Waals surface area contributed by atoms with Crippen LogP contribution in [0.15, 0.2) is 66.7 Å². The number of fused-ring (bicyclic) bond motifs is 3. The first-order valence-electron chi connectivity index (χ1n) is 14.0. The predicted octanol–water partition coefficient (Wildman–Crippen LogP) is 4.81. The number of ether oxygens (including phenoxy) is 3. The van der Waals surface area contributed by atoms with Crippen molar-refractivity contribution >= 4 is 18.0 Å². The van der Waals surface area contributed by atoms with Crippen molar-refractivity contribution in [3.8, 4) is 16.9 Å². The summed E-state index contributed by atoms with van der Waals surface area (Å²) < 4.78 is 16.4. The Hall–Kier alpha value is -4.41. The van der Waals surface area contributed by atoms with Gasteiger partial charge in [0.2, 0.25) is 0 Å². The van der Waals surface area contributed by atoms with E-state index in [9.17, 15) is 19.5 Å². The van der Waals surface area contributed by atoms with Gasteiger partial charge in [0.05, 0.1) is 12.7 Å². The maximum atomic E-state index is 12.7. The number of hydroxylamine groups is 1. The number of rotatable bonds is 11. The van der Waals surface area contributed by atoms with Gasteiger partial charge in [0.1, 0.15) is 18.4 Å². The molecule has 0 radical (unpaired) electrons. The van der Waals surface area contributed by atoms with E-state index in [2.05, 4.69) is 10.8 Å². The van der Waals surface area contributed by atoms with Gasteiger partial charge in [0.25, 0.3) is 5.91 Å². The van der Waals surface area contributed by atoms with Crippen LogP contribution in [0.4, 0.5) is 4.79 Å². The second-order valence-electron chi connectivity index (χ2n) is 10.3. The van der Waals surface area contributed by atoms with E-state index in [-0.39, 0.29) is 24.5 Å².